The van der Waals surface area contributed by atoms with Gasteiger partial charge in [-0.2, -0.15) is 0 Å². The second-order valence-corrected chi connectivity index (χ2v) is 6.70. The van der Waals surface area contributed by atoms with Crippen LogP contribution in [0.4, 0.5) is 5.69 Å². The number of nitrogens with two attached hydrogens (primary N) is 1. The summed E-state index contributed by atoms with van der Waals surface area (Å²) in [4.78, 5) is 0.167. The van der Waals surface area contributed by atoms with Crippen LogP contribution < -0.4 is 10.5 Å². The molecule has 112 valence electrons. The highest BCUT2D eigenvalue weighted by Crippen LogP contribution is 2.23. The van der Waals surface area contributed by atoms with Crippen LogP contribution in [0.3, 0.4) is 0 Å². The van der Waals surface area contributed by atoms with Crippen molar-refractivity contribution >= 4 is 15.7 Å². The van der Waals surface area contributed by atoms with Crippen molar-refractivity contribution in [3.05, 3.63) is 59.7 Å². The van der Waals surface area contributed by atoms with Crippen LogP contribution in [0.1, 0.15) is 24.0 Å². The Morgan fingerprint density at radius 1 is 1.10 bits per heavy atom. The van der Waals surface area contributed by atoms with Gasteiger partial charge in [-0.05, 0) is 36.1 Å². The summed E-state index contributed by atoms with van der Waals surface area (Å²) in [5.74, 6) is 0.323. The van der Waals surface area contributed by atoms with Gasteiger partial charge in [0, 0.05) is 12.2 Å². The predicted octanol–water partition coefficient (Wildman–Crippen LogP) is 2.86. The minimum Gasteiger partial charge on any atom is -0.384 e. The number of benzene rings is 2. The summed E-state index contributed by atoms with van der Waals surface area (Å²) in [5, 5.41) is 8.52. The van der Waals surface area contributed by atoms with Crippen molar-refractivity contribution < 1.29 is 8.42 Å². The molecule has 4 nitrogen and oxygen atoms in total. The Bertz CT molecular complexity index is 712. The van der Waals surface area contributed by atoms with Crippen LogP contribution >= 0.6 is 0 Å². The van der Waals surface area contributed by atoms with Crippen LogP contribution in [0.2, 0.25) is 0 Å². The van der Waals surface area contributed by atoms with Crippen molar-refractivity contribution in [3.8, 4) is 0 Å². The first-order valence-electron chi connectivity index (χ1n) is 6.81. The number of hydrogen-bond acceptors (Lipinski definition) is 3. The van der Waals surface area contributed by atoms with E-state index in [0.29, 0.717) is 11.5 Å². The Hall–Kier alpha value is -1.85. The van der Waals surface area contributed by atoms with E-state index in [2.05, 4.69) is 24.4 Å². The van der Waals surface area contributed by atoms with Crippen LogP contribution in [0.15, 0.2) is 53.4 Å². The van der Waals surface area contributed by atoms with Gasteiger partial charge in [-0.1, -0.05) is 43.3 Å². The third-order valence-electron chi connectivity index (χ3n) is 3.56. The van der Waals surface area contributed by atoms with Crippen LogP contribution in [-0.2, 0) is 10.0 Å². The molecule has 0 spiro atoms. The smallest absolute Gasteiger partial charge is 0.238 e. The molecule has 2 aromatic rings. The molecule has 3 N–H and O–H groups in total. The van der Waals surface area contributed by atoms with Gasteiger partial charge >= 0.3 is 0 Å². The number of rotatable bonds is 5. The van der Waals surface area contributed by atoms with E-state index in [4.69, 9.17) is 5.14 Å². The minimum absolute atomic E-state index is 0.167. The monoisotopic (exact) mass is 304 g/mol. The molecular weight excluding hydrogens is 284 g/mol. The molecule has 0 heterocycles. The quantitative estimate of drug-likeness (QED) is 0.892. The van der Waals surface area contributed by atoms with Crippen molar-refractivity contribution in [3.63, 3.8) is 0 Å². The van der Waals surface area contributed by atoms with Gasteiger partial charge in [-0.3, -0.25) is 0 Å². The Kier molecular flexibility index (Phi) is 4.65. The zero-order chi connectivity index (χ0) is 15.5. The molecule has 2 rings (SSSR count). The standard InChI is InChI=1S/C16H20N2O2S/c1-12(14-7-4-3-5-8-14)11-18-15-9-6-10-16(13(15)2)21(17,19)20/h3-10,12,18H,11H2,1-2H3,(H2,17,19,20). The maximum atomic E-state index is 11.5. The summed E-state index contributed by atoms with van der Waals surface area (Å²) in [5.41, 5.74) is 2.69. The molecule has 0 amide bonds. The fourth-order valence-corrected chi connectivity index (χ4v) is 3.08. The topological polar surface area (TPSA) is 72.2 Å². The third kappa shape index (κ3) is 3.83. The largest absolute Gasteiger partial charge is 0.384 e. The summed E-state index contributed by atoms with van der Waals surface area (Å²) in [6.07, 6.45) is 0. The Balaban J connectivity index is 2.14. The molecule has 0 aromatic heterocycles. The van der Waals surface area contributed by atoms with Gasteiger partial charge in [0.2, 0.25) is 10.0 Å². The second kappa shape index (κ2) is 6.28. The molecule has 0 saturated heterocycles. The van der Waals surface area contributed by atoms with Crippen LogP contribution in [0.25, 0.3) is 0 Å². The number of sulfonamides is 1. The molecule has 0 saturated carbocycles. The summed E-state index contributed by atoms with van der Waals surface area (Å²) in [7, 11) is -3.69. The molecule has 0 bridgehead atoms. The summed E-state index contributed by atoms with van der Waals surface area (Å²) >= 11 is 0. The van der Waals surface area contributed by atoms with Gasteiger partial charge in [-0.15, -0.1) is 0 Å². The molecule has 0 radical (unpaired) electrons. The first-order valence-corrected chi connectivity index (χ1v) is 8.35. The molecule has 1 unspecified atom stereocenters. The normalized spacial score (nSPS) is 12.9. The average Bonchev–Trinajstić information content (AvgIpc) is 2.45. The second-order valence-electron chi connectivity index (χ2n) is 5.17. The Morgan fingerprint density at radius 2 is 1.76 bits per heavy atom. The van der Waals surface area contributed by atoms with Gasteiger partial charge in [0.25, 0.3) is 0 Å². The summed E-state index contributed by atoms with van der Waals surface area (Å²) < 4.78 is 23.0. The highest BCUT2D eigenvalue weighted by Gasteiger charge is 2.14. The Morgan fingerprint density at radius 3 is 2.38 bits per heavy atom. The molecule has 0 aliphatic carbocycles. The van der Waals surface area contributed by atoms with E-state index < -0.39 is 10.0 Å². The molecule has 0 aliphatic rings. The fourth-order valence-electron chi connectivity index (χ4n) is 2.28. The number of hydrogen-bond donors (Lipinski definition) is 2. The third-order valence-corrected chi connectivity index (χ3v) is 4.61. The van der Waals surface area contributed by atoms with E-state index in [1.165, 1.54) is 11.6 Å². The number of anilines is 1. The lowest BCUT2D eigenvalue weighted by Crippen LogP contribution is -2.16. The van der Waals surface area contributed by atoms with Crippen molar-refractivity contribution in [1.82, 2.24) is 0 Å². The Labute approximate surface area is 126 Å². The first kappa shape index (κ1) is 15.5. The van der Waals surface area contributed by atoms with Crippen LogP contribution in [0, 0.1) is 6.92 Å². The number of primary sulfonamides is 1. The van der Waals surface area contributed by atoms with E-state index in [1.54, 1.807) is 13.0 Å². The van der Waals surface area contributed by atoms with Crippen molar-refractivity contribution in [2.24, 2.45) is 5.14 Å². The number of nitrogens with one attached hydrogen (secondary N) is 1. The van der Waals surface area contributed by atoms with Crippen molar-refractivity contribution in [1.29, 1.82) is 0 Å². The van der Waals surface area contributed by atoms with E-state index in [9.17, 15) is 8.42 Å². The van der Waals surface area contributed by atoms with Gasteiger partial charge in [-0.25, -0.2) is 13.6 Å². The zero-order valence-corrected chi connectivity index (χ0v) is 13.0. The maximum Gasteiger partial charge on any atom is 0.238 e. The lowest BCUT2D eigenvalue weighted by Gasteiger charge is -2.16. The summed E-state index contributed by atoms with van der Waals surface area (Å²) in [6.45, 7) is 4.61. The zero-order valence-electron chi connectivity index (χ0n) is 12.2. The van der Waals surface area contributed by atoms with Gasteiger partial charge in [0.15, 0.2) is 0 Å². The van der Waals surface area contributed by atoms with Crippen LogP contribution in [0.5, 0.6) is 0 Å². The van der Waals surface area contributed by atoms with Crippen molar-refractivity contribution in [2.75, 3.05) is 11.9 Å². The molecule has 2 aromatic carbocycles. The van der Waals surface area contributed by atoms with Gasteiger partial charge in [0.05, 0.1) is 4.90 Å². The van der Waals surface area contributed by atoms with E-state index >= 15 is 0 Å². The van der Waals surface area contributed by atoms with Crippen molar-refractivity contribution in [2.45, 2.75) is 24.7 Å². The van der Waals surface area contributed by atoms with E-state index in [-0.39, 0.29) is 4.90 Å². The molecule has 0 aliphatic heterocycles. The lowest BCUT2D eigenvalue weighted by atomic mass is 10.0. The molecule has 5 heteroatoms. The molecule has 21 heavy (non-hydrogen) atoms. The summed E-state index contributed by atoms with van der Waals surface area (Å²) in [6, 6.07) is 15.3. The fraction of sp³-hybridized carbons (Fsp3) is 0.250. The first-order chi connectivity index (χ1) is 9.89. The van der Waals surface area contributed by atoms with E-state index in [0.717, 1.165) is 12.2 Å². The molecule has 1 atom stereocenters. The maximum absolute atomic E-state index is 11.5. The minimum atomic E-state index is -3.69. The highest BCUT2D eigenvalue weighted by atomic mass is 32.2. The SMILES string of the molecule is Cc1c(NCC(C)c2ccccc2)cccc1S(N)(=O)=O. The van der Waals surface area contributed by atoms with Crippen LogP contribution in [-0.4, -0.2) is 15.0 Å². The van der Waals surface area contributed by atoms with E-state index in [1.807, 2.05) is 24.3 Å². The lowest BCUT2D eigenvalue weighted by molar-refractivity contribution is 0.597. The molecule has 0 fully saturated rings. The molecular formula is C16H20N2O2S. The van der Waals surface area contributed by atoms with Gasteiger partial charge in [0.1, 0.15) is 0 Å². The van der Waals surface area contributed by atoms with Gasteiger partial charge < -0.3 is 5.32 Å². The average molecular weight is 304 g/mol. The highest BCUT2D eigenvalue weighted by molar-refractivity contribution is 7.89. The predicted molar refractivity (Wildman–Crippen MR) is 85.9 cm³/mol.